The highest BCUT2D eigenvalue weighted by Gasteiger charge is 2.28. The number of anilines is 1. The van der Waals surface area contributed by atoms with Crippen LogP contribution in [-0.4, -0.2) is 16.2 Å². The van der Waals surface area contributed by atoms with Gasteiger partial charge in [0.05, 0.1) is 11.7 Å². The molecule has 1 N–H and O–H groups in total. The second-order valence-corrected chi connectivity index (χ2v) is 7.56. The summed E-state index contributed by atoms with van der Waals surface area (Å²) in [5.74, 6) is 0.588. The highest BCUT2D eigenvalue weighted by Crippen LogP contribution is 2.37. The van der Waals surface area contributed by atoms with Crippen molar-refractivity contribution in [2.75, 3.05) is 5.43 Å². The monoisotopic (exact) mass is 370 g/mol. The zero-order chi connectivity index (χ0) is 15.6. The maximum atomic E-state index is 5.89. The highest BCUT2D eigenvalue weighted by molar-refractivity contribution is 7.11. The lowest BCUT2D eigenvalue weighted by molar-refractivity contribution is 0.992. The van der Waals surface area contributed by atoms with E-state index in [1.807, 2.05) is 41.8 Å². The third-order valence-corrected chi connectivity index (χ3v) is 4.08. The third-order valence-electron chi connectivity index (χ3n) is 2.76. The van der Waals surface area contributed by atoms with Gasteiger partial charge >= 0.3 is 0 Å². The molecule has 0 saturated carbocycles. The van der Waals surface area contributed by atoms with Crippen LogP contribution in [0.1, 0.15) is 10.7 Å². The minimum atomic E-state index is -1.70. The molecule has 0 saturated heterocycles. The number of para-hydroxylation sites is 1. The highest BCUT2D eigenvalue weighted by atomic mass is 35.6. The molecule has 0 bridgehead atoms. The van der Waals surface area contributed by atoms with Crippen LogP contribution in [-0.2, 0) is 3.79 Å². The summed E-state index contributed by atoms with van der Waals surface area (Å²) in [6.07, 6.45) is 1.70. The van der Waals surface area contributed by atoms with Crippen molar-refractivity contribution in [3.63, 3.8) is 0 Å². The Morgan fingerprint density at radius 1 is 1.09 bits per heavy atom. The molecule has 8 heteroatoms. The Morgan fingerprint density at radius 3 is 2.64 bits per heavy atom. The van der Waals surface area contributed by atoms with E-state index in [1.165, 1.54) is 0 Å². The van der Waals surface area contributed by atoms with Gasteiger partial charge in [0.25, 0.3) is 0 Å². The van der Waals surface area contributed by atoms with Crippen molar-refractivity contribution in [3.8, 4) is 0 Å². The van der Waals surface area contributed by atoms with Crippen molar-refractivity contribution >= 4 is 69.1 Å². The van der Waals surface area contributed by atoms with Crippen LogP contribution in [0.2, 0.25) is 0 Å². The molecule has 0 unspecified atom stereocenters. The molecule has 2 heterocycles. The summed E-state index contributed by atoms with van der Waals surface area (Å²) in [7, 11) is 0. The SMILES string of the molecule is ClC(Cl)(Cl)c1nc(N/N=C/c2cccs2)c2ccccc2n1. The van der Waals surface area contributed by atoms with Gasteiger partial charge in [-0.15, -0.1) is 11.3 Å². The fraction of sp³-hybridized carbons (Fsp3) is 0.0714. The lowest BCUT2D eigenvalue weighted by atomic mass is 10.2. The van der Waals surface area contributed by atoms with Crippen molar-refractivity contribution in [2.45, 2.75) is 3.79 Å². The molecule has 3 aromatic rings. The van der Waals surface area contributed by atoms with Crippen LogP contribution in [0, 0.1) is 0 Å². The van der Waals surface area contributed by atoms with Crippen LogP contribution < -0.4 is 5.43 Å². The number of hydrogen-bond acceptors (Lipinski definition) is 5. The van der Waals surface area contributed by atoms with Crippen LogP contribution >= 0.6 is 46.1 Å². The van der Waals surface area contributed by atoms with E-state index >= 15 is 0 Å². The normalized spacial score (nSPS) is 12.1. The first kappa shape index (κ1) is 15.5. The standard InChI is InChI=1S/C14H9Cl3N4S/c15-14(16,17)13-19-11-6-2-1-5-10(11)12(20-13)21-18-8-9-4-3-7-22-9/h1-8H,(H,19,20,21)/b18-8+. The van der Waals surface area contributed by atoms with Gasteiger partial charge in [-0.2, -0.15) is 5.10 Å². The predicted octanol–water partition coefficient (Wildman–Crippen LogP) is 4.96. The van der Waals surface area contributed by atoms with Gasteiger partial charge in [0.2, 0.25) is 3.79 Å². The molecule has 1 aromatic carbocycles. The van der Waals surface area contributed by atoms with Gasteiger partial charge in [0.1, 0.15) is 0 Å². The number of alkyl halides is 3. The first-order chi connectivity index (χ1) is 10.5. The number of hydrogen-bond donors (Lipinski definition) is 1. The molecule has 2 aromatic heterocycles. The predicted molar refractivity (Wildman–Crippen MR) is 94.3 cm³/mol. The number of halogens is 3. The van der Waals surface area contributed by atoms with E-state index in [9.17, 15) is 0 Å². The van der Waals surface area contributed by atoms with Crippen LogP contribution in [0.15, 0.2) is 46.9 Å². The lowest BCUT2D eigenvalue weighted by Crippen LogP contribution is -2.09. The van der Waals surface area contributed by atoms with Gasteiger partial charge in [-0.25, -0.2) is 9.97 Å². The van der Waals surface area contributed by atoms with Gasteiger partial charge < -0.3 is 0 Å². The fourth-order valence-electron chi connectivity index (χ4n) is 1.81. The number of rotatable bonds is 3. The molecule has 0 aliphatic carbocycles. The first-order valence-electron chi connectivity index (χ1n) is 6.20. The summed E-state index contributed by atoms with van der Waals surface area (Å²) < 4.78 is -1.70. The number of aromatic nitrogens is 2. The van der Waals surface area contributed by atoms with E-state index in [4.69, 9.17) is 34.8 Å². The largest absolute Gasteiger partial charge is 0.261 e. The van der Waals surface area contributed by atoms with Crippen LogP contribution in [0.4, 0.5) is 5.82 Å². The molecule has 3 rings (SSSR count). The maximum absolute atomic E-state index is 5.89. The summed E-state index contributed by atoms with van der Waals surface area (Å²) in [6.45, 7) is 0. The van der Waals surface area contributed by atoms with E-state index in [0.29, 0.717) is 11.3 Å². The number of thiophene rings is 1. The number of hydrazone groups is 1. The minimum absolute atomic E-state index is 0.102. The molecule has 4 nitrogen and oxygen atoms in total. The van der Waals surface area contributed by atoms with E-state index in [0.717, 1.165) is 10.3 Å². The molecule has 0 aliphatic heterocycles. The molecular weight excluding hydrogens is 363 g/mol. The van der Waals surface area contributed by atoms with Crippen LogP contribution in [0.25, 0.3) is 10.9 Å². The third kappa shape index (κ3) is 3.50. The molecule has 0 atom stereocenters. The number of fused-ring (bicyclic) bond motifs is 1. The van der Waals surface area contributed by atoms with Crippen LogP contribution in [0.5, 0.6) is 0 Å². The van der Waals surface area contributed by atoms with Crippen molar-refractivity contribution in [2.24, 2.45) is 5.10 Å². The van der Waals surface area contributed by atoms with Gasteiger partial charge in [-0.05, 0) is 23.6 Å². The van der Waals surface area contributed by atoms with E-state index in [1.54, 1.807) is 17.6 Å². The Kier molecular flexibility index (Phi) is 4.49. The number of benzene rings is 1. The smallest absolute Gasteiger partial charge is 0.250 e. The Balaban J connectivity index is 1.99. The van der Waals surface area contributed by atoms with E-state index < -0.39 is 3.79 Å². The maximum Gasteiger partial charge on any atom is 0.250 e. The molecule has 0 fully saturated rings. The van der Waals surface area contributed by atoms with Crippen molar-refractivity contribution in [1.29, 1.82) is 0 Å². The fourth-order valence-corrected chi connectivity index (χ4v) is 2.65. The summed E-state index contributed by atoms with van der Waals surface area (Å²) in [4.78, 5) is 9.55. The van der Waals surface area contributed by atoms with Gasteiger partial charge in [0, 0.05) is 10.3 Å². The van der Waals surface area contributed by atoms with Crippen molar-refractivity contribution in [3.05, 3.63) is 52.5 Å². The van der Waals surface area contributed by atoms with Crippen LogP contribution in [0.3, 0.4) is 0 Å². The van der Waals surface area contributed by atoms with Crippen molar-refractivity contribution < 1.29 is 0 Å². The topological polar surface area (TPSA) is 50.2 Å². The summed E-state index contributed by atoms with van der Waals surface area (Å²) in [6, 6.07) is 11.4. The average molecular weight is 372 g/mol. The summed E-state index contributed by atoms with van der Waals surface area (Å²) >= 11 is 19.2. The zero-order valence-corrected chi connectivity index (χ0v) is 14.1. The van der Waals surface area contributed by atoms with Gasteiger partial charge in [-0.3, -0.25) is 5.43 Å². The Bertz CT molecular complexity index is 813. The van der Waals surface area contributed by atoms with Crippen molar-refractivity contribution in [1.82, 2.24) is 9.97 Å². The number of nitrogens with zero attached hydrogens (tertiary/aromatic N) is 3. The lowest BCUT2D eigenvalue weighted by Gasteiger charge is -2.12. The average Bonchev–Trinajstić information content (AvgIpc) is 2.99. The Morgan fingerprint density at radius 2 is 1.91 bits per heavy atom. The summed E-state index contributed by atoms with van der Waals surface area (Å²) in [5.41, 5.74) is 3.56. The molecule has 112 valence electrons. The molecule has 22 heavy (non-hydrogen) atoms. The minimum Gasteiger partial charge on any atom is -0.261 e. The Hall–Kier alpha value is -1.40. The second-order valence-electron chi connectivity index (χ2n) is 4.30. The van der Waals surface area contributed by atoms with Gasteiger partial charge in [-0.1, -0.05) is 53.0 Å². The van der Waals surface area contributed by atoms with E-state index in [2.05, 4.69) is 20.5 Å². The second kappa shape index (κ2) is 6.38. The first-order valence-corrected chi connectivity index (χ1v) is 8.22. The summed E-state index contributed by atoms with van der Waals surface area (Å²) in [5, 5.41) is 6.94. The Labute approximate surface area is 145 Å². The zero-order valence-electron chi connectivity index (χ0n) is 11.0. The molecule has 0 radical (unpaired) electrons. The molecule has 0 aliphatic rings. The van der Waals surface area contributed by atoms with E-state index in [-0.39, 0.29) is 5.82 Å². The molecule has 0 amide bonds. The molecular formula is C14H9Cl3N4S. The quantitative estimate of drug-likeness (QED) is 0.402. The van der Waals surface area contributed by atoms with Gasteiger partial charge in [0.15, 0.2) is 11.6 Å². The number of nitrogens with one attached hydrogen (secondary N) is 1. The molecule has 0 spiro atoms.